The molecule has 3 N–H and O–H groups in total. The van der Waals surface area contributed by atoms with E-state index in [1.54, 1.807) is 18.2 Å². The fraction of sp³-hybridized carbons (Fsp3) is 0.457. The van der Waals surface area contributed by atoms with Gasteiger partial charge in [0, 0.05) is 33.3 Å². The SMILES string of the molecule is CCN(CC)CC(O)COc1ccc(-c2cc3c(Oc4ccc(NC(=O)NC5CC5)c(Cl)c4)ncnc3n2COCC[Si](C)(C)C)cc1. The number of rotatable bonds is 17. The first-order valence-electron chi connectivity index (χ1n) is 16.6. The van der Waals surface area contributed by atoms with Gasteiger partial charge in [-0.3, -0.25) is 0 Å². The summed E-state index contributed by atoms with van der Waals surface area (Å²) in [6, 6.07) is 15.9. The summed E-state index contributed by atoms with van der Waals surface area (Å²) in [5, 5.41) is 17.2. The largest absolute Gasteiger partial charge is 0.491 e. The first kappa shape index (κ1) is 35.6. The second-order valence-corrected chi connectivity index (χ2v) is 19.3. The Bertz CT molecular complexity index is 1670. The highest BCUT2D eigenvalue weighted by Crippen LogP contribution is 2.36. The lowest BCUT2D eigenvalue weighted by atomic mass is 10.1. The number of ether oxygens (including phenoxy) is 3. The molecule has 4 aromatic rings. The van der Waals surface area contributed by atoms with Crippen molar-refractivity contribution in [3.05, 3.63) is 59.9 Å². The second-order valence-electron chi connectivity index (χ2n) is 13.3. The van der Waals surface area contributed by atoms with Gasteiger partial charge in [0.05, 0.1) is 21.8 Å². The number of fused-ring (bicyclic) bond motifs is 1. The van der Waals surface area contributed by atoms with Gasteiger partial charge in [-0.15, -0.1) is 0 Å². The Morgan fingerprint density at radius 3 is 2.48 bits per heavy atom. The molecular weight excluding hydrogens is 648 g/mol. The Morgan fingerprint density at radius 1 is 1.08 bits per heavy atom. The number of carbonyl (C=O) groups excluding carboxylic acids is 1. The minimum Gasteiger partial charge on any atom is -0.491 e. The molecule has 1 saturated carbocycles. The van der Waals surface area contributed by atoms with Gasteiger partial charge < -0.3 is 39.4 Å². The molecule has 1 fully saturated rings. The monoisotopic (exact) mass is 694 g/mol. The van der Waals surface area contributed by atoms with Gasteiger partial charge in [-0.05, 0) is 80.0 Å². The molecular formula is C35H47ClN6O5Si. The number of carbonyl (C=O) groups is 1. The second kappa shape index (κ2) is 16.1. The number of aliphatic hydroxyl groups is 1. The van der Waals surface area contributed by atoms with E-state index >= 15 is 0 Å². The molecule has 2 aromatic heterocycles. The number of amides is 2. The lowest BCUT2D eigenvalue weighted by Gasteiger charge is -2.22. The maximum Gasteiger partial charge on any atom is 0.319 e. The van der Waals surface area contributed by atoms with Crippen LogP contribution in [0.1, 0.15) is 26.7 Å². The lowest BCUT2D eigenvalue weighted by molar-refractivity contribution is 0.0716. The minimum absolute atomic E-state index is 0.214. The van der Waals surface area contributed by atoms with Gasteiger partial charge in [-0.2, -0.15) is 0 Å². The van der Waals surface area contributed by atoms with E-state index in [9.17, 15) is 9.90 Å². The summed E-state index contributed by atoms with van der Waals surface area (Å²) >= 11 is 6.51. The van der Waals surface area contributed by atoms with Crippen molar-refractivity contribution in [2.75, 3.05) is 38.2 Å². The molecule has 1 unspecified atom stereocenters. The molecule has 5 rings (SSSR count). The van der Waals surface area contributed by atoms with Crippen LogP contribution in [0.4, 0.5) is 10.5 Å². The van der Waals surface area contributed by atoms with Crippen LogP contribution >= 0.6 is 11.6 Å². The van der Waals surface area contributed by atoms with E-state index < -0.39 is 14.2 Å². The van der Waals surface area contributed by atoms with Crippen molar-refractivity contribution < 1.29 is 24.1 Å². The summed E-state index contributed by atoms with van der Waals surface area (Å²) in [4.78, 5) is 23.4. The lowest BCUT2D eigenvalue weighted by Crippen LogP contribution is -2.35. The number of nitrogens with zero attached hydrogens (tertiary/aromatic N) is 4. The number of hydrogen-bond donors (Lipinski definition) is 3. The van der Waals surface area contributed by atoms with Crippen LogP contribution in [-0.2, 0) is 11.5 Å². The Kier molecular flexibility index (Phi) is 12.0. The zero-order valence-corrected chi connectivity index (χ0v) is 30.2. The van der Waals surface area contributed by atoms with E-state index in [1.165, 1.54) is 6.33 Å². The summed E-state index contributed by atoms with van der Waals surface area (Å²) in [5.41, 5.74) is 2.98. The van der Waals surface area contributed by atoms with E-state index in [2.05, 4.69) is 59.0 Å². The van der Waals surface area contributed by atoms with Gasteiger partial charge >= 0.3 is 6.03 Å². The number of hydrogen-bond acceptors (Lipinski definition) is 8. The number of aliphatic hydroxyl groups excluding tert-OH is 1. The van der Waals surface area contributed by atoms with E-state index in [0.29, 0.717) is 59.0 Å². The number of nitrogens with one attached hydrogen (secondary N) is 2. The molecule has 1 aliphatic carbocycles. The van der Waals surface area contributed by atoms with Gasteiger partial charge in [0.15, 0.2) is 0 Å². The van der Waals surface area contributed by atoms with Crippen molar-refractivity contribution in [1.82, 2.24) is 24.8 Å². The van der Waals surface area contributed by atoms with Crippen molar-refractivity contribution in [1.29, 1.82) is 0 Å². The molecule has 0 spiro atoms. The zero-order chi connectivity index (χ0) is 34.3. The quantitative estimate of drug-likeness (QED) is 0.0782. The molecule has 13 heteroatoms. The first-order chi connectivity index (χ1) is 23.0. The van der Waals surface area contributed by atoms with Crippen LogP contribution in [0.3, 0.4) is 0 Å². The van der Waals surface area contributed by atoms with Crippen LogP contribution in [0.5, 0.6) is 17.4 Å². The minimum atomic E-state index is -1.27. The molecule has 11 nitrogen and oxygen atoms in total. The highest BCUT2D eigenvalue weighted by Gasteiger charge is 2.24. The molecule has 2 heterocycles. The average Bonchev–Trinajstić information content (AvgIpc) is 3.79. The Balaban J connectivity index is 1.36. The number of likely N-dealkylation sites (N-methyl/N-ethyl adjacent to an activating group) is 1. The smallest absolute Gasteiger partial charge is 0.319 e. The van der Waals surface area contributed by atoms with Crippen molar-refractivity contribution in [2.24, 2.45) is 0 Å². The summed E-state index contributed by atoms with van der Waals surface area (Å²) in [5.74, 6) is 1.51. The van der Waals surface area contributed by atoms with Gasteiger partial charge in [-0.25, -0.2) is 14.8 Å². The van der Waals surface area contributed by atoms with E-state index in [1.807, 2.05) is 34.9 Å². The topological polar surface area (TPSA) is 123 Å². The highest BCUT2D eigenvalue weighted by molar-refractivity contribution is 6.76. The van der Waals surface area contributed by atoms with Crippen LogP contribution in [-0.4, -0.2) is 83.6 Å². The molecule has 2 amide bonds. The molecule has 1 atom stereocenters. The molecule has 1 aliphatic rings. The van der Waals surface area contributed by atoms with Crippen molar-refractivity contribution in [2.45, 2.75) is 71.3 Å². The predicted octanol–water partition coefficient (Wildman–Crippen LogP) is 7.22. The normalized spacial score (nSPS) is 13.9. The highest BCUT2D eigenvalue weighted by atomic mass is 35.5. The molecule has 0 radical (unpaired) electrons. The fourth-order valence-electron chi connectivity index (χ4n) is 5.12. The third-order valence-corrected chi connectivity index (χ3v) is 10.2. The van der Waals surface area contributed by atoms with Crippen molar-refractivity contribution >= 4 is 42.4 Å². The Morgan fingerprint density at radius 2 is 1.81 bits per heavy atom. The summed E-state index contributed by atoms with van der Waals surface area (Å²) in [6.07, 6.45) is 2.89. The third-order valence-electron chi connectivity index (χ3n) is 8.14. The van der Waals surface area contributed by atoms with Gasteiger partial charge in [0.2, 0.25) is 5.88 Å². The van der Waals surface area contributed by atoms with Crippen molar-refractivity contribution in [3.63, 3.8) is 0 Å². The van der Waals surface area contributed by atoms with Crippen LogP contribution < -0.4 is 20.1 Å². The van der Waals surface area contributed by atoms with E-state index in [-0.39, 0.29) is 18.7 Å². The van der Waals surface area contributed by atoms with Crippen molar-refractivity contribution in [3.8, 4) is 28.6 Å². The molecule has 0 bridgehead atoms. The molecule has 48 heavy (non-hydrogen) atoms. The van der Waals surface area contributed by atoms with E-state index in [4.69, 9.17) is 25.8 Å². The predicted molar refractivity (Wildman–Crippen MR) is 193 cm³/mol. The third kappa shape index (κ3) is 9.92. The van der Waals surface area contributed by atoms with Crippen LogP contribution in [0.25, 0.3) is 22.3 Å². The molecule has 2 aromatic carbocycles. The number of anilines is 1. The van der Waals surface area contributed by atoms with Gasteiger partial charge in [-0.1, -0.05) is 45.1 Å². The molecule has 0 aliphatic heterocycles. The fourth-order valence-corrected chi connectivity index (χ4v) is 6.09. The van der Waals surface area contributed by atoms with E-state index in [0.717, 1.165) is 43.2 Å². The standard InChI is InChI=1S/C35H47ClN6O5Si/c1-6-41(7-2)20-26(43)21-46-27-12-8-24(9-13-27)32-19-29-33(42(32)23-45-16-17-48(3,4)5)37-22-38-34(29)47-28-14-15-31(30(36)18-28)40-35(44)39-25-10-11-25/h8-9,12-15,18-19,22,25-26,43H,6-7,10-11,16-17,20-21,23H2,1-5H3,(H2,39,40,44). The maximum absolute atomic E-state index is 12.2. The summed E-state index contributed by atoms with van der Waals surface area (Å²) in [6.45, 7) is 14.7. The Hall–Kier alpha value is -3.68. The maximum atomic E-state index is 12.2. The van der Waals surface area contributed by atoms with Crippen LogP contribution in [0.2, 0.25) is 30.7 Å². The molecule has 258 valence electrons. The summed E-state index contributed by atoms with van der Waals surface area (Å²) < 4.78 is 20.4. The number of urea groups is 1. The van der Waals surface area contributed by atoms with Gasteiger partial charge in [0.1, 0.15) is 42.9 Å². The Labute approximate surface area is 288 Å². The van der Waals surface area contributed by atoms with Crippen LogP contribution in [0.15, 0.2) is 54.9 Å². The molecule has 0 saturated heterocycles. The number of halogens is 1. The number of benzene rings is 2. The zero-order valence-electron chi connectivity index (χ0n) is 28.5. The average molecular weight is 695 g/mol. The summed E-state index contributed by atoms with van der Waals surface area (Å²) in [7, 11) is -1.27. The van der Waals surface area contributed by atoms with Crippen LogP contribution in [0, 0.1) is 0 Å². The van der Waals surface area contributed by atoms with Gasteiger partial charge in [0.25, 0.3) is 0 Å². The first-order valence-corrected chi connectivity index (χ1v) is 20.7. The number of aromatic nitrogens is 3.